The summed E-state index contributed by atoms with van der Waals surface area (Å²) in [6, 6.07) is 7.32. The highest BCUT2D eigenvalue weighted by molar-refractivity contribution is 5.05. The lowest BCUT2D eigenvalue weighted by Crippen LogP contribution is -2.24. The Morgan fingerprint density at radius 1 is 1.19 bits per heavy atom. The Kier molecular flexibility index (Phi) is 3.44. The third kappa shape index (κ3) is 2.53. The second kappa shape index (κ2) is 5.01. The van der Waals surface area contributed by atoms with E-state index in [9.17, 15) is 5.11 Å². The van der Waals surface area contributed by atoms with Gasteiger partial charge in [-0.3, -0.25) is 0 Å². The van der Waals surface area contributed by atoms with Gasteiger partial charge in [0.2, 0.25) is 0 Å². The normalized spacial score (nSPS) is 14.9. The van der Waals surface area contributed by atoms with Crippen LogP contribution in [-0.2, 0) is 0 Å². The van der Waals surface area contributed by atoms with Crippen LogP contribution < -0.4 is 5.32 Å². The number of aliphatic hydroxyl groups is 1. The Hall–Kier alpha value is -1.52. The maximum atomic E-state index is 9.77. The van der Waals surface area contributed by atoms with Gasteiger partial charge in [0, 0.05) is 6.54 Å². The topological polar surface area (TPSA) is 58.5 Å². The predicted octanol–water partition coefficient (Wildman–Crippen LogP) is 2.26. The first-order valence-electron chi connectivity index (χ1n) is 5.25. The Balaban J connectivity index is 1.84. The van der Waals surface area contributed by atoms with Gasteiger partial charge < -0.3 is 19.3 Å². The van der Waals surface area contributed by atoms with Crippen molar-refractivity contribution in [1.82, 2.24) is 5.32 Å². The Morgan fingerprint density at radius 2 is 1.81 bits per heavy atom. The molecule has 0 aliphatic heterocycles. The van der Waals surface area contributed by atoms with Gasteiger partial charge in [0.05, 0.1) is 18.6 Å². The lowest BCUT2D eigenvalue weighted by atomic mass is 10.2. The molecule has 0 bridgehead atoms. The minimum absolute atomic E-state index is 0.0691. The molecule has 16 heavy (non-hydrogen) atoms. The van der Waals surface area contributed by atoms with Gasteiger partial charge in [-0.25, -0.2) is 0 Å². The number of hydrogen-bond donors (Lipinski definition) is 2. The van der Waals surface area contributed by atoms with Crippen LogP contribution in [-0.4, -0.2) is 11.7 Å². The standard InChI is InChI=1S/C12H15NO3/c1-9(11-4-2-6-15-11)13-8-10(14)12-5-3-7-16-12/h2-7,9-10,13-14H,8H2,1H3. The number of rotatable bonds is 5. The van der Waals surface area contributed by atoms with Crippen molar-refractivity contribution in [2.24, 2.45) is 0 Å². The van der Waals surface area contributed by atoms with Gasteiger partial charge in [0.25, 0.3) is 0 Å². The highest BCUT2D eigenvalue weighted by Crippen LogP contribution is 2.15. The molecule has 86 valence electrons. The van der Waals surface area contributed by atoms with E-state index in [-0.39, 0.29) is 6.04 Å². The third-order valence-corrected chi connectivity index (χ3v) is 2.46. The maximum absolute atomic E-state index is 9.77. The second-order valence-corrected chi connectivity index (χ2v) is 3.68. The minimum Gasteiger partial charge on any atom is -0.468 e. The summed E-state index contributed by atoms with van der Waals surface area (Å²) in [4.78, 5) is 0. The zero-order valence-corrected chi connectivity index (χ0v) is 9.09. The minimum atomic E-state index is -0.632. The van der Waals surface area contributed by atoms with E-state index >= 15 is 0 Å². The van der Waals surface area contributed by atoms with Crippen molar-refractivity contribution in [1.29, 1.82) is 0 Å². The smallest absolute Gasteiger partial charge is 0.133 e. The highest BCUT2D eigenvalue weighted by atomic mass is 16.4. The van der Waals surface area contributed by atoms with Gasteiger partial charge in [0.15, 0.2) is 0 Å². The van der Waals surface area contributed by atoms with Gasteiger partial charge in [-0.15, -0.1) is 0 Å². The van der Waals surface area contributed by atoms with Crippen molar-refractivity contribution >= 4 is 0 Å². The van der Waals surface area contributed by atoms with Crippen LogP contribution in [0.4, 0.5) is 0 Å². The van der Waals surface area contributed by atoms with E-state index in [1.54, 1.807) is 24.7 Å². The molecular weight excluding hydrogens is 206 g/mol. The quantitative estimate of drug-likeness (QED) is 0.813. The fraction of sp³-hybridized carbons (Fsp3) is 0.333. The lowest BCUT2D eigenvalue weighted by molar-refractivity contribution is 0.143. The van der Waals surface area contributed by atoms with Crippen molar-refractivity contribution in [2.75, 3.05) is 6.54 Å². The van der Waals surface area contributed by atoms with Crippen molar-refractivity contribution in [3.05, 3.63) is 48.3 Å². The molecule has 0 radical (unpaired) electrons. The van der Waals surface area contributed by atoms with Gasteiger partial charge in [-0.1, -0.05) is 0 Å². The maximum Gasteiger partial charge on any atom is 0.133 e. The molecule has 2 aromatic rings. The molecule has 2 unspecified atom stereocenters. The summed E-state index contributed by atoms with van der Waals surface area (Å²) < 4.78 is 10.4. The average molecular weight is 221 g/mol. The van der Waals surface area contributed by atoms with Crippen LogP contribution in [0.25, 0.3) is 0 Å². The predicted molar refractivity (Wildman–Crippen MR) is 58.8 cm³/mol. The Labute approximate surface area is 93.9 Å². The number of furan rings is 2. The number of hydrogen-bond acceptors (Lipinski definition) is 4. The Bertz CT molecular complexity index is 354. The summed E-state index contributed by atoms with van der Waals surface area (Å²) in [5.74, 6) is 1.42. The molecule has 0 saturated carbocycles. The molecule has 0 aliphatic carbocycles. The molecule has 0 aliphatic rings. The molecule has 2 rings (SSSR count). The summed E-state index contributed by atoms with van der Waals surface area (Å²) in [7, 11) is 0. The average Bonchev–Trinajstić information content (AvgIpc) is 2.95. The van der Waals surface area contributed by atoms with E-state index in [4.69, 9.17) is 8.83 Å². The van der Waals surface area contributed by atoms with Crippen LogP contribution in [0, 0.1) is 0 Å². The largest absolute Gasteiger partial charge is 0.468 e. The van der Waals surface area contributed by atoms with E-state index < -0.39 is 6.10 Å². The SMILES string of the molecule is CC(NCC(O)c1ccco1)c1ccco1. The van der Waals surface area contributed by atoms with E-state index in [1.807, 2.05) is 19.1 Å². The van der Waals surface area contributed by atoms with Crippen LogP contribution >= 0.6 is 0 Å². The molecule has 2 N–H and O–H groups in total. The molecule has 0 spiro atoms. The van der Waals surface area contributed by atoms with E-state index in [0.717, 1.165) is 5.76 Å². The summed E-state index contributed by atoms with van der Waals surface area (Å²) in [6.45, 7) is 2.41. The van der Waals surface area contributed by atoms with Gasteiger partial charge in [0.1, 0.15) is 17.6 Å². The summed E-state index contributed by atoms with van der Waals surface area (Å²) in [5, 5.41) is 12.9. The molecule has 4 nitrogen and oxygen atoms in total. The van der Waals surface area contributed by atoms with Crippen molar-refractivity contribution in [3.8, 4) is 0 Å². The molecule has 0 saturated heterocycles. The Morgan fingerprint density at radius 3 is 2.38 bits per heavy atom. The van der Waals surface area contributed by atoms with E-state index in [2.05, 4.69) is 5.32 Å². The fourth-order valence-electron chi connectivity index (χ4n) is 1.51. The van der Waals surface area contributed by atoms with Gasteiger partial charge in [-0.05, 0) is 31.2 Å². The lowest BCUT2D eigenvalue weighted by Gasteiger charge is -2.13. The fourth-order valence-corrected chi connectivity index (χ4v) is 1.51. The zero-order chi connectivity index (χ0) is 11.4. The van der Waals surface area contributed by atoms with Crippen LogP contribution in [0.5, 0.6) is 0 Å². The van der Waals surface area contributed by atoms with E-state index in [1.165, 1.54) is 0 Å². The second-order valence-electron chi connectivity index (χ2n) is 3.68. The molecular formula is C12H15NO3. The molecule has 0 aromatic carbocycles. The molecule has 2 atom stereocenters. The number of nitrogens with one attached hydrogen (secondary N) is 1. The number of aliphatic hydroxyl groups excluding tert-OH is 1. The molecule has 0 amide bonds. The monoisotopic (exact) mass is 221 g/mol. The first-order chi connectivity index (χ1) is 7.77. The van der Waals surface area contributed by atoms with Crippen molar-refractivity contribution in [2.45, 2.75) is 19.1 Å². The van der Waals surface area contributed by atoms with Crippen LogP contribution in [0.3, 0.4) is 0 Å². The van der Waals surface area contributed by atoms with Crippen LogP contribution in [0.15, 0.2) is 45.6 Å². The van der Waals surface area contributed by atoms with Gasteiger partial charge in [-0.2, -0.15) is 0 Å². The molecule has 4 heteroatoms. The highest BCUT2D eigenvalue weighted by Gasteiger charge is 2.13. The first kappa shape index (κ1) is 11.0. The van der Waals surface area contributed by atoms with Crippen LogP contribution in [0.2, 0.25) is 0 Å². The van der Waals surface area contributed by atoms with Crippen molar-refractivity contribution < 1.29 is 13.9 Å². The summed E-state index contributed by atoms with van der Waals surface area (Å²) in [6.07, 6.45) is 2.55. The van der Waals surface area contributed by atoms with Gasteiger partial charge >= 0.3 is 0 Å². The summed E-state index contributed by atoms with van der Waals surface area (Å²) in [5.41, 5.74) is 0. The van der Waals surface area contributed by atoms with Crippen LogP contribution in [0.1, 0.15) is 30.6 Å². The third-order valence-electron chi connectivity index (χ3n) is 2.46. The molecule has 2 heterocycles. The molecule has 2 aromatic heterocycles. The first-order valence-corrected chi connectivity index (χ1v) is 5.25. The molecule has 0 fully saturated rings. The zero-order valence-electron chi connectivity index (χ0n) is 9.09. The van der Waals surface area contributed by atoms with E-state index in [0.29, 0.717) is 12.3 Å². The van der Waals surface area contributed by atoms with Crippen molar-refractivity contribution in [3.63, 3.8) is 0 Å². The summed E-state index contributed by atoms with van der Waals surface area (Å²) >= 11 is 0.